The van der Waals surface area contributed by atoms with Crippen LogP contribution in [0.3, 0.4) is 0 Å². The van der Waals surface area contributed by atoms with Crippen LogP contribution in [0.5, 0.6) is 5.75 Å². The molecule has 33 heavy (non-hydrogen) atoms. The van der Waals surface area contributed by atoms with E-state index in [1.807, 2.05) is 48.7 Å². The number of benzene rings is 3. The number of hydrogen-bond donors (Lipinski definition) is 2. The third-order valence-corrected chi connectivity index (χ3v) is 6.09. The van der Waals surface area contributed by atoms with Crippen LogP contribution in [0.4, 0.5) is 4.39 Å². The molecule has 2 heterocycles. The molecular weight excluding hydrogens is 419 g/mol. The smallest absolute Gasteiger partial charge is 0.287 e. The van der Waals surface area contributed by atoms with Crippen LogP contribution in [0, 0.1) is 12.7 Å². The van der Waals surface area contributed by atoms with Crippen molar-refractivity contribution in [3.05, 3.63) is 101 Å². The van der Waals surface area contributed by atoms with Crippen molar-refractivity contribution in [2.75, 3.05) is 13.7 Å². The molecule has 0 spiro atoms. The van der Waals surface area contributed by atoms with Gasteiger partial charge in [-0.15, -0.1) is 0 Å². The van der Waals surface area contributed by atoms with Crippen molar-refractivity contribution in [3.63, 3.8) is 0 Å². The summed E-state index contributed by atoms with van der Waals surface area (Å²) in [4.78, 5) is 16.4. The second-order valence-electron chi connectivity index (χ2n) is 8.02. The molecule has 0 aliphatic carbocycles. The third kappa shape index (κ3) is 3.84. The molecule has 1 atom stereocenters. The van der Waals surface area contributed by atoms with Gasteiger partial charge in [-0.1, -0.05) is 30.3 Å². The number of halogens is 1. The van der Waals surface area contributed by atoms with Gasteiger partial charge in [0.2, 0.25) is 0 Å². The monoisotopic (exact) mass is 442 g/mol. The molecule has 0 saturated carbocycles. The Morgan fingerprint density at radius 2 is 1.88 bits per heavy atom. The first-order valence-electron chi connectivity index (χ1n) is 10.7. The van der Waals surface area contributed by atoms with E-state index in [0.29, 0.717) is 23.1 Å². The highest BCUT2D eigenvalue weighted by Crippen LogP contribution is 2.32. The lowest BCUT2D eigenvalue weighted by Gasteiger charge is -2.18. The molecule has 2 N–H and O–H groups in total. The number of amides is 1. The summed E-state index contributed by atoms with van der Waals surface area (Å²) in [5.41, 5.74) is 4.27. The Hall–Kier alpha value is -4.06. The predicted octanol–water partition coefficient (Wildman–Crippen LogP) is 5.93. The fourth-order valence-corrected chi connectivity index (χ4v) is 4.31. The first kappa shape index (κ1) is 20.8. The largest absolute Gasteiger partial charge is 0.497 e. The van der Waals surface area contributed by atoms with Gasteiger partial charge in [-0.2, -0.15) is 0 Å². The van der Waals surface area contributed by atoms with Gasteiger partial charge in [0.1, 0.15) is 17.1 Å². The highest BCUT2D eigenvalue weighted by molar-refractivity contribution is 5.99. The molecule has 6 heteroatoms. The number of rotatable bonds is 6. The number of carbonyl (C=O) groups is 1. The van der Waals surface area contributed by atoms with Gasteiger partial charge in [0.15, 0.2) is 5.76 Å². The number of ether oxygens (including phenoxy) is 1. The van der Waals surface area contributed by atoms with E-state index in [1.54, 1.807) is 20.1 Å². The molecule has 5 aromatic rings. The van der Waals surface area contributed by atoms with Crippen molar-refractivity contribution in [1.82, 2.24) is 10.3 Å². The number of methoxy groups -OCH3 is 1. The molecule has 5 nitrogen and oxygen atoms in total. The number of furan rings is 1. The zero-order valence-corrected chi connectivity index (χ0v) is 18.3. The summed E-state index contributed by atoms with van der Waals surface area (Å²) in [6.45, 7) is 2.12. The SMILES string of the molecule is COc1ccc(C(CNC(=O)c2oc3ccc(F)cc3c2C)c2c[nH]c3ccccc23)cc1. The number of aromatic nitrogens is 1. The maximum absolute atomic E-state index is 13.7. The summed E-state index contributed by atoms with van der Waals surface area (Å²) in [5, 5.41) is 4.72. The fourth-order valence-electron chi connectivity index (χ4n) is 4.31. The first-order valence-corrected chi connectivity index (χ1v) is 10.7. The maximum atomic E-state index is 13.7. The number of aromatic amines is 1. The average Bonchev–Trinajstić information content (AvgIpc) is 3.41. The number of hydrogen-bond acceptors (Lipinski definition) is 3. The number of carbonyl (C=O) groups excluding carboxylic acids is 1. The van der Waals surface area contributed by atoms with E-state index in [2.05, 4.69) is 16.4 Å². The Kier molecular flexibility index (Phi) is 5.34. The van der Waals surface area contributed by atoms with E-state index in [4.69, 9.17) is 9.15 Å². The summed E-state index contributed by atoms with van der Waals surface area (Å²) in [6.07, 6.45) is 1.99. The van der Waals surface area contributed by atoms with E-state index >= 15 is 0 Å². The summed E-state index contributed by atoms with van der Waals surface area (Å²) in [7, 11) is 1.63. The molecule has 0 aliphatic heterocycles. The molecule has 0 saturated heterocycles. The number of para-hydroxylation sites is 1. The Bertz CT molecular complexity index is 1450. The van der Waals surface area contributed by atoms with E-state index < -0.39 is 0 Å². The molecule has 0 radical (unpaired) electrons. The Morgan fingerprint density at radius 1 is 1.09 bits per heavy atom. The predicted molar refractivity (Wildman–Crippen MR) is 126 cm³/mol. The minimum absolute atomic E-state index is 0.0989. The normalized spacial score (nSPS) is 12.2. The highest BCUT2D eigenvalue weighted by atomic mass is 19.1. The minimum Gasteiger partial charge on any atom is -0.497 e. The highest BCUT2D eigenvalue weighted by Gasteiger charge is 2.22. The van der Waals surface area contributed by atoms with Crippen molar-refractivity contribution in [2.45, 2.75) is 12.8 Å². The number of fused-ring (bicyclic) bond motifs is 2. The lowest BCUT2D eigenvalue weighted by atomic mass is 9.90. The molecule has 5 rings (SSSR count). The summed E-state index contributed by atoms with van der Waals surface area (Å²) < 4.78 is 24.7. The van der Waals surface area contributed by atoms with Crippen molar-refractivity contribution in [3.8, 4) is 5.75 Å². The summed E-state index contributed by atoms with van der Waals surface area (Å²) >= 11 is 0. The second kappa shape index (κ2) is 8.47. The van der Waals surface area contributed by atoms with Gasteiger partial charge in [-0.05, 0) is 54.4 Å². The van der Waals surface area contributed by atoms with Crippen LogP contribution in [0.25, 0.3) is 21.9 Å². The van der Waals surface area contributed by atoms with Gasteiger partial charge in [0.05, 0.1) is 7.11 Å². The van der Waals surface area contributed by atoms with Crippen LogP contribution in [0.15, 0.2) is 77.3 Å². The lowest BCUT2D eigenvalue weighted by molar-refractivity contribution is 0.0926. The standard InChI is InChI=1S/C27H23FN2O3/c1-16-21-13-18(28)9-12-25(21)33-26(16)27(31)30-14-22(17-7-10-19(32-2)11-8-17)23-15-29-24-6-4-3-5-20(23)24/h3-13,15,22,29H,14H2,1-2H3,(H,30,31). The van der Waals surface area contributed by atoms with Crippen LogP contribution in [-0.2, 0) is 0 Å². The Balaban J connectivity index is 1.47. The number of H-pyrrole nitrogens is 1. The molecule has 166 valence electrons. The molecule has 2 aromatic heterocycles. The van der Waals surface area contributed by atoms with Crippen molar-refractivity contribution < 1.29 is 18.3 Å². The molecule has 1 unspecified atom stereocenters. The quantitative estimate of drug-likeness (QED) is 0.342. The van der Waals surface area contributed by atoms with Crippen molar-refractivity contribution >= 4 is 27.8 Å². The van der Waals surface area contributed by atoms with Crippen molar-refractivity contribution in [2.24, 2.45) is 0 Å². The van der Waals surface area contributed by atoms with Crippen LogP contribution >= 0.6 is 0 Å². The van der Waals surface area contributed by atoms with Crippen LogP contribution in [0.1, 0.15) is 33.2 Å². The van der Waals surface area contributed by atoms with Crippen LogP contribution in [0.2, 0.25) is 0 Å². The zero-order valence-electron chi connectivity index (χ0n) is 18.3. The van der Waals surface area contributed by atoms with Gasteiger partial charge in [-0.25, -0.2) is 4.39 Å². The Morgan fingerprint density at radius 3 is 2.67 bits per heavy atom. The van der Waals surface area contributed by atoms with Gasteiger partial charge in [0.25, 0.3) is 5.91 Å². The second-order valence-corrected chi connectivity index (χ2v) is 8.02. The third-order valence-electron chi connectivity index (χ3n) is 6.09. The molecule has 3 aromatic carbocycles. The van der Waals surface area contributed by atoms with E-state index in [9.17, 15) is 9.18 Å². The zero-order chi connectivity index (χ0) is 22.9. The van der Waals surface area contributed by atoms with E-state index in [-0.39, 0.29) is 23.4 Å². The molecule has 0 aliphatic rings. The maximum Gasteiger partial charge on any atom is 0.287 e. The van der Waals surface area contributed by atoms with Crippen molar-refractivity contribution in [1.29, 1.82) is 0 Å². The van der Waals surface area contributed by atoms with E-state index in [1.165, 1.54) is 12.1 Å². The summed E-state index contributed by atoms with van der Waals surface area (Å²) in [5.74, 6) is 0.173. The first-order chi connectivity index (χ1) is 16.0. The minimum atomic E-state index is -0.364. The number of aryl methyl sites for hydroxylation is 1. The van der Waals surface area contributed by atoms with Gasteiger partial charge in [0, 0.05) is 40.5 Å². The number of nitrogens with one attached hydrogen (secondary N) is 2. The fraction of sp³-hybridized carbons (Fsp3) is 0.148. The molecule has 1 amide bonds. The average molecular weight is 442 g/mol. The molecular formula is C27H23FN2O3. The van der Waals surface area contributed by atoms with Gasteiger partial charge >= 0.3 is 0 Å². The molecule has 0 bridgehead atoms. The summed E-state index contributed by atoms with van der Waals surface area (Å²) in [6, 6.07) is 20.2. The van der Waals surface area contributed by atoms with Crippen LogP contribution in [-0.4, -0.2) is 24.5 Å². The molecule has 0 fully saturated rings. The van der Waals surface area contributed by atoms with E-state index in [0.717, 1.165) is 27.8 Å². The van der Waals surface area contributed by atoms with Gasteiger partial charge < -0.3 is 19.5 Å². The van der Waals surface area contributed by atoms with Crippen LogP contribution < -0.4 is 10.1 Å². The topological polar surface area (TPSA) is 67.3 Å². The lowest BCUT2D eigenvalue weighted by Crippen LogP contribution is -2.29. The Labute approximate surface area is 190 Å². The van der Waals surface area contributed by atoms with Gasteiger partial charge in [-0.3, -0.25) is 4.79 Å².